The molecular formula is C24H23ClN2O4S. The lowest BCUT2D eigenvalue weighted by molar-refractivity contribution is -0.113. The molecule has 3 rings (SSSR count). The van der Waals surface area contributed by atoms with Crippen LogP contribution < -0.4 is 20.1 Å². The Labute approximate surface area is 196 Å². The minimum atomic E-state index is -0.292. The van der Waals surface area contributed by atoms with Crippen molar-refractivity contribution in [2.75, 3.05) is 30.6 Å². The zero-order chi connectivity index (χ0) is 23.1. The molecule has 0 heterocycles. The second kappa shape index (κ2) is 10.9. The summed E-state index contributed by atoms with van der Waals surface area (Å²) < 4.78 is 10.5. The first-order chi connectivity index (χ1) is 15.4. The number of hydrogen-bond acceptors (Lipinski definition) is 5. The molecule has 0 saturated heterocycles. The summed E-state index contributed by atoms with van der Waals surface area (Å²) >= 11 is 7.51. The summed E-state index contributed by atoms with van der Waals surface area (Å²) in [6, 6.07) is 17.7. The van der Waals surface area contributed by atoms with Crippen molar-refractivity contribution < 1.29 is 19.1 Å². The van der Waals surface area contributed by atoms with Gasteiger partial charge in [-0.2, -0.15) is 0 Å². The van der Waals surface area contributed by atoms with E-state index >= 15 is 0 Å². The van der Waals surface area contributed by atoms with E-state index < -0.39 is 0 Å². The largest absolute Gasteiger partial charge is 0.493 e. The molecule has 0 aliphatic heterocycles. The van der Waals surface area contributed by atoms with Gasteiger partial charge < -0.3 is 20.1 Å². The first-order valence-corrected chi connectivity index (χ1v) is 11.1. The van der Waals surface area contributed by atoms with Gasteiger partial charge in [0, 0.05) is 16.6 Å². The molecule has 8 heteroatoms. The molecule has 0 fully saturated rings. The Kier molecular flexibility index (Phi) is 8.03. The summed E-state index contributed by atoms with van der Waals surface area (Å²) in [6.07, 6.45) is 0. The number of aryl methyl sites for hydroxylation is 1. The predicted octanol–water partition coefficient (Wildman–Crippen LogP) is 5.65. The van der Waals surface area contributed by atoms with Crippen LogP contribution in [0.1, 0.15) is 15.9 Å². The van der Waals surface area contributed by atoms with Crippen LogP contribution in [0.15, 0.2) is 65.6 Å². The van der Waals surface area contributed by atoms with E-state index in [4.69, 9.17) is 21.1 Å². The molecular weight excluding hydrogens is 448 g/mol. The van der Waals surface area contributed by atoms with Crippen molar-refractivity contribution in [3.05, 3.63) is 76.8 Å². The smallest absolute Gasteiger partial charge is 0.256 e. The van der Waals surface area contributed by atoms with Crippen molar-refractivity contribution >= 4 is 46.6 Å². The Hall–Kier alpha value is -3.16. The average molecular weight is 471 g/mol. The van der Waals surface area contributed by atoms with Crippen LogP contribution in [0.2, 0.25) is 5.02 Å². The molecule has 0 spiro atoms. The van der Waals surface area contributed by atoms with E-state index in [9.17, 15) is 9.59 Å². The van der Waals surface area contributed by atoms with Crippen LogP contribution in [-0.4, -0.2) is 31.8 Å². The summed E-state index contributed by atoms with van der Waals surface area (Å²) in [6.45, 7) is 1.93. The van der Waals surface area contributed by atoms with Gasteiger partial charge >= 0.3 is 0 Å². The lowest BCUT2D eigenvalue weighted by Crippen LogP contribution is -2.16. The Morgan fingerprint density at radius 2 is 1.69 bits per heavy atom. The van der Waals surface area contributed by atoms with Gasteiger partial charge in [0.1, 0.15) is 0 Å². The normalized spacial score (nSPS) is 10.4. The molecule has 0 aromatic heterocycles. The number of carbonyl (C=O) groups excluding carboxylic acids is 2. The third-order valence-electron chi connectivity index (χ3n) is 4.53. The molecule has 6 nitrogen and oxygen atoms in total. The van der Waals surface area contributed by atoms with Gasteiger partial charge in [0.25, 0.3) is 5.91 Å². The van der Waals surface area contributed by atoms with E-state index in [1.165, 1.54) is 18.9 Å². The van der Waals surface area contributed by atoms with Gasteiger partial charge in [-0.15, -0.1) is 11.8 Å². The minimum Gasteiger partial charge on any atom is -0.493 e. The van der Waals surface area contributed by atoms with Crippen molar-refractivity contribution in [3.8, 4) is 11.5 Å². The maximum absolute atomic E-state index is 12.8. The monoisotopic (exact) mass is 470 g/mol. The number of anilines is 2. The number of methoxy groups -OCH3 is 2. The van der Waals surface area contributed by atoms with E-state index in [0.717, 1.165) is 5.56 Å². The van der Waals surface area contributed by atoms with Crippen LogP contribution in [-0.2, 0) is 4.79 Å². The van der Waals surface area contributed by atoms with E-state index in [1.807, 2.05) is 19.1 Å². The molecule has 0 aliphatic carbocycles. The maximum Gasteiger partial charge on any atom is 0.256 e. The van der Waals surface area contributed by atoms with Crippen LogP contribution in [0.25, 0.3) is 0 Å². The topological polar surface area (TPSA) is 76.7 Å². The molecule has 0 atom stereocenters. The highest BCUT2D eigenvalue weighted by Gasteiger charge is 2.15. The quantitative estimate of drug-likeness (QED) is 0.416. The number of amides is 2. The SMILES string of the molecule is COc1ccc(NC(=O)CSc2ccccc2C(=O)Nc2ccc(C)cc2Cl)cc1OC. The number of thioether (sulfide) groups is 1. The maximum atomic E-state index is 12.8. The molecule has 2 amide bonds. The van der Waals surface area contributed by atoms with Crippen molar-refractivity contribution in [3.63, 3.8) is 0 Å². The number of carbonyl (C=O) groups is 2. The summed E-state index contributed by atoms with van der Waals surface area (Å²) in [5.74, 6) is 0.727. The fourth-order valence-electron chi connectivity index (χ4n) is 2.95. The van der Waals surface area contributed by atoms with E-state index in [1.54, 1.807) is 55.6 Å². The predicted molar refractivity (Wildman–Crippen MR) is 129 cm³/mol. The lowest BCUT2D eigenvalue weighted by Gasteiger charge is -2.12. The van der Waals surface area contributed by atoms with Gasteiger partial charge in [-0.25, -0.2) is 0 Å². The lowest BCUT2D eigenvalue weighted by atomic mass is 10.2. The second-order valence-electron chi connectivity index (χ2n) is 6.84. The van der Waals surface area contributed by atoms with Gasteiger partial charge in [-0.3, -0.25) is 9.59 Å². The third kappa shape index (κ3) is 5.96. The Morgan fingerprint density at radius 3 is 2.41 bits per heavy atom. The third-order valence-corrected chi connectivity index (χ3v) is 5.92. The molecule has 0 radical (unpaired) electrons. The number of nitrogens with one attached hydrogen (secondary N) is 2. The highest BCUT2D eigenvalue weighted by atomic mass is 35.5. The summed E-state index contributed by atoms with van der Waals surface area (Å²) in [4.78, 5) is 26.0. The van der Waals surface area contributed by atoms with Crippen LogP contribution in [0, 0.1) is 6.92 Å². The molecule has 0 aliphatic rings. The summed E-state index contributed by atoms with van der Waals surface area (Å²) in [5.41, 5.74) is 2.60. The fraction of sp³-hybridized carbons (Fsp3) is 0.167. The van der Waals surface area contributed by atoms with Crippen molar-refractivity contribution in [2.24, 2.45) is 0 Å². The highest BCUT2D eigenvalue weighted by Crippen LogP contribution is 2.30. The molecule has 0 bridgehead atoms. The number of ether oxygens (including phenoxy) is 2. The van der Waals surface area contributed by atoms with Crippen molar-refractivity contribution in [2.45, 2.75) is 11.8 Å². The van der Waals surface area contributed by atoms with Crippen LogP contribution in [0.4, 0.5) is 11.4 Å². The van der Waals surface area contributed by atoms with Gasteiger partial charge in [-0.1, -0.05) is 29.8 Å². The fourth-order valence-corrected chi connectivity index (χ4v) is 4.08. The number of halogens is 1. The average Bonchev–Trinajstić information content (AvgIpc) is 2.79. The van der Waals surface area contributed by atoms with Crippen molar-refractivity contribution in [1.82, 2.24) is 0 Å². The van der Waals surface area contributed by atoms with Crippen LogP contribution in [0.5, 0.6) is 11.5 Å². The summed E-state index contributed by atoms with van der Waals surface area (Å²) in [5, 5.41) is 6.13. The zero-order valence-electron chi connectivity index (χ0n) is 17.9. The molecule has 3 aromatic carbocycles. The van der Waals surface area contributed by atoms with E-state index in [-0.39, 0.29) is 17.6 Å². The molecule has 0 saturated carbocycles. The van der Waals surface area contributed by atoms with Gasteiger partial charge in [0.05, 0.1) is 36.2 Å². The van der Waals surface area contributed by atoms with Gasteiger partial charge in [-0.05, 0) is 48.9 Å². The standard InChI is InChI=1S/C24H23ClN2O4S/c1-15-8-10-19(18(25)12-15)27-24(29)17-6-4-5-7-22(17)32-14-23(28)26-16-9-11-20(30-2)21(13-16)31-3/h4-13H,14H2,1-3H3,(H,26,28)(H,27,29). The highest BCUT2D eigenvalue weighted by molar-refractivity contribution is 8.00. The van der Waals surface area contributed by atoms with E-state index in [0.29, 0.717) is 38.4 Å². The zero-order valence-corrected chi connectivity index (χ0v) is 19.5. The minimum absolute atomic E-state index is 0.129. The Morgan fingerprint density at radius 1 is 0.938 bits per heavy atom. The number of rotatable bonds is 8. The van der Waals surface area contributed by atoms with Crippen LogP contribution in [0.3, 0.4) is 0 Å². The molecule has 2 N–H and O–H groups in total. The molecule has 3 aromatic rings. The number of hydrogen-bond donors (Lipinski definition) is 2. The van der Waals surface area contributed by atoms with Gasteiger partial charge in [0.2, 0.25) is 5.91 Å². The molecule has 166 valence electrons. The summed E-state index contributed by atoms with van der Waals surface area (Å²) in [7, 11) is 3.08. The molecule has 0 unspecified atom stereocenters. The van der Waals surface area contributed by atoms with Gasteiger partial charge in [0.15, 0.2) is 11.5 Å². The Bertz CT molecular complexity index is 1140. The number of benzene rings is 3. The Balaban J connectivity index is 1.66. The first kappa shape index (κ1) is 23.5. The first-order valence-electron chi connectivity index (χ1n) is 9.72. The van der Waals surface area contributed by atoms with Crippen molar-refractivity contribution in [1.29, 1.82) is 0 Å². The second-order valence-corrected chi connectivity index (χ2v) is 8.26. The van der Waals surface area contributed by atoms with E-state index in [2.05, 4.69) is 10.6 Å². The van der Waals surface area contributed by atoms with Crippen LogP contribution >= 0.6 is 23.4 Å². The molecule has 32 heavy (non-hydrogen) atoms.